The van der Waals surface area contributed by atoms with E-state index in [0.717, 1.165) is 127 Å². The summed E-state index contributed by atoms with van der Waals surface area (Å²) in [5.74, 6) is 18.0. The Hall–Kier alpha value is -5.24. The van der Waals surface area contributed by atoms with Crippen LogP contribution in [0.3, 0.4) is 0 Å². The topological polar surface area (TPSA) is 384 Å². The van der Waals surface area contributed by atoms with Crippen LogP contribution in [0.25, 0.3) is 33.1 Å². The zero-order valence-electron chi connectivity index (χ0n) is 70.0. The Bertz CT molecular complexity index is 5040. The average molecular weight is 2070 g/mol. The number of nitrogens with zero attached hydrogens (tertiary/aromatic N) is 8. The molecule has 38 heteroatoms. The first kappa shape index (κ1) is 106. The smallest absolute Gasteiger partial charge is 0 e. The molecule has 31 nitrogen and oxygen atoms in total. The number of aromatic nitrogens is 6. The zero-order chi connectivity index (χ0) is 83.9. The van der Waals surface area contributed by atoms with Crippen molar-refractivity contribution < 1.29 is 172 Å². The van der Waals surface area contributed by atoms with Crippen LogP contribution in [-0.2, 0) is 185 Å². The third-order valence-corrected chi connectivity index (χ3v) is 20.8. The van der Waals surface area contributed by atoms with Crippen LogP contribution in [0.4, 0.5) is 9.59 Å². The normalized spacial score (nSPS) is 17.9. The molecule has 3 atom stereocenters. The van der Waals surface area contributed by atoms with Crippen molar-refractivity contribution in [2.45, 2.75) is 167 Å². The van der Waals surface area contributed by atoms with Gasteiger partial charge >= 0.3 is 69.7 Å². The van der Waals surface area contributed by atoms with Crippen LogP contribution in [0.15, 0.2) is 69.0 Å². The Morgan fingerprint density at radius 3 is 1.12 bits per heavy atom. The summed E-state index contributed by atoms with van der Waals surface area (Å²) in [5.41, 5.74) is 10.2. The Labute approximate surface area is 792 Å². The summed E-state index contributed by atoms with van der Waals surface area (Å²) in [6.45, 7) is 21.4. The molecule has 6 fully saturated rings. The number of aryl methyl sites for hydroxylation is 3. The van der Waals surface area contributed by atoms with E-state index in [2.05, 4.69) is 109 Å². The van der Waals surface area contributed by atoms with Gasteiger partial charge in [0.25, 0.3) is 10.1 Å². The maximum atomic E-state index is 12.9. The predicted octanol–water partition coefficient (Wildman–Crippen LogP) is 6.70. The van der Waals surface area contributed by atoms with Crippen molar-refractivity contribution >= 4 is 118 Å². The van der Waals surface area contributed by atoms with E-state index in [1.165, 1.54) is 40.2 Å². The van der Waals surface area contributed by atoms with Gasteiger partial charge in [0.05, 0.1) is 46.0 Å². The van der Waals surface area contributed by atoms with Gasteiger partial charge in [0.2, 0.25) is 35.4 Å². The third kappa shape index (κ3) is 32.7. The molecule has 3 aromatic carbocycles. The van der Waals surface area contributed by atoms with Crippen molar-refractivity contribution in [2.75, 3.05) is 84.9 Å². The molecule has 6 aromatic rings. The number of fused-ring (bicyclic) bond motifs is 3. The molecule has 0 aliphatic carbocycles. The summed E-state index contributed by atoms with van der Waals surface area (Å²) in [6.07, 6.45) is 10.2. The van der Waals surface area contributed by atoms with Crippen LogP contribution in [0, 0.1) is 60.7 Å². The molecular formula is C81H110Br2N15O16SY3Zn-. The number of carbonyl (C=O) groups is 8. The van der Waals surface area contributed by atoms with Crippen LogP contribution in [0.1, 0.15) is 173 Å². The summed E-state index contributed by atoms with van der Waals surface area (Å²) in [5, 5.41) is 15.9. The SMILES string of the molecule is CC(C)(C)OC(=O)NCC1CCNCC1.Cn1c(=O)n(C2CCC(=O)NC2=O)c2ccc(C#CCCN3CCC(CN)CC3)cc21.Cn1c(=O)n(C2CCC(=O)NC2=O)c2ccc(C#CCCN3CCC(CNC(=O)OC(C)(C)C)CC3)cc21.Cn1c(=O)n(C2CCC(=O)NC2=O)c2ccc(C#CCCOS(C)(=O)=O)cc21.[Br][Zn][Br].[CH3-].[Y].[Y].[Y]. The van der Waals surface area contributed by atoms with Gasteiger partial charge in [0, 0.05) is 201 Å². The molecule has 12 rings (SSSR count). The van der Waals surface area contributed by atoms with E-state index >= 15 is 0 Å². The largest absolute Gasteiger partial charge is 0.358 e. The third-order valence-electron chi connectivity index (χ3n) is 20.2. The second-order valence-electron chi connectivity index (χ2n) is 31.2. The number of amides is 8. The fourth-order valence-corrected chi connectivity index (χ4v) is 14.6. The molecule has 3 radical (unpaired) electrons. The molecule has 3 aromatic heterocycles. The van der Waals surface area contributed by atoms with E-state index in [9.17, 15) is 61.2 Å². The van der Waals surface area contributed by atoms with E-state index in [4.69, 9.17) is 15.2 Å². The standard InChI is InChI=1S/C28H37N5O5.C23H29N5O3.C18H19N3O6S.C11H22N2O2.CH3.2BrH.3Y.Zn/c1-28(2,3)38-26(36)29-18-20-12-15-32(16-13-20)14-6-5-7-19-8-9-21-23(17-19)31(4)27(37)33(21)22-10-11-24(34)30-25(22)35;1-26-20-14-16(4-2-3-11-27-12-9-17(15-24)10-13-27)5-6-18(20)28(23(26)31)19-7-8-21(29)25-22(19)30;1-20-15-11-12(5-3-4-10-27-28(2,25)26)6-7-13(15)21(18(20)24)14-8-9-16(22)19-17(14)23;1-11(2,3)15-10(14)13-8-9-4-6-12-7-5-9;;;;;;;/h8-9,17,20,22H,6,10-16,18H2,1-4H3,(H,29,36)(H,30,34,35);5-6,14,17,19H,3,7-13,15,24H2,1H3,(H,25,29,30);6-7,11,14H,4,8-10H2,1-2H3,(H,19,22,23);9,12H,4-8H2,1-3H3,(H,13,14);1H3;2*1H;;;;/q;;;;-1;;;;;;+2/p-2. The first-order chi connectivity index (χ1) is 54.5. The number of ether oxygens (including phenoxy) is 2. The summed E-state index contributed by atoms with van der Waals surface area (Å²) in [6, 6.07) is 14.2. The number of nitrogens with one attached hydrogen (secondary N) is 6. The van der Waals surface area contributed by atoms with Crippen LogP contribution >= 0.6 is 27.2 Å². The minimum absolute atomic E-state index is 0. The first-order valence-corrected chi connectivity index (χ1v) is 54.6. The maximum absolute atomic E-state index is 12.9. The zero-order valence-corrected chi connectivity index (χ0v) is 85.5. The minimum Gasteiger partial charge on any atom is -0.358 e. The molecule has 637 valence electrons. The number of imide groups is 3. The molecule has 3 unspecified atom stereocenters. The van der Waals surface area contributed by atoms with Gasteiger partial charge in [-0.2, -0.15) is 8.42 Å². The number of benzene rings is 3. The van der Waals surface area contributed by atoms with Gasteiger partial charge in [-0.3, -0.25) is 76.3 Å². The van der Waals surface area contributed by atoms with Crippen LogP contribution in [0.2, 0.25) is 0 Å². The summed E-state index contributed by atoms with van der Waals surface area (Å²) >= 11 is 6.25. The summed E-state index contributed by atoms with van der Waals surface area (Å²) in [4.78, 5) is 138. The molecule has 8 N–H and O–H groups in total. The Kier molecular flexibility index (Phi) is 45.1. The van der Waals surface area contributed by atoms with Gasteiger partial charge in [-0.05, 0) is 217 Å². The number of alkyl carbamates (subject to hydrolysis) is 2. The fourth-order valence-electron chi connectivity index (χ4n) is 14.2. The molecule has 8 amide bonds. The summed E-state index contributed by atoms with van der Waals surface area (Å²) < 4.78 is 45.7. The number of likely N-dealkylation sites (tertiary alicyclic amines) is 2. The molecule has 0 spiro atoms. The number of nitrogens with two attached hydrogens (primary N) is 1. The average Bonchev–Trinajstić information content (AvgIpc) is 1.62. The maximum Gasteiger partial charge on any atom is 0 e. The van der Waals surface area contributed by atoms with Crippen molar-refractivity contribution in [1.82, 2.24) is 69.1 Å². The predicted molar refractivity (Wildman–Crippen MR) is 447 cm³/mol. The Morgan fingerprint density at radius 1 is 0.504 bits per heavy atom. The van der Waals surface area contributed by atoms with E-state index < -0.39 is 57.2 Å². The number of hydrogen-bond donors (Lipinski definition) is 7. The van der Waals surface area contributed by atoms with Gasteiger partial charge in [-0.1, -0.05) is 35.5 Å². The van der Waals surface area contributed by atoms with Crippen LogP contribution in [-0.4, -0.2) is 189 Å². The van der Waals surface area contributed by atoms with E-state index in [1.54, 1.807) is 39.3 Å². The monoisotopic (exact) mass is 2070 g/mol. The molecule has 9 heterocycles. The van der Waals surface area contributed by atoms with Crippen molar-refractivity contribution in [1.29, 1.82) is 0 Å². The quantitative estimate of drug-likeness (QED) is 0.0140. The van der Waals surface area contributed by atoms with Crippen molar-refractivity contribution in [3.05, 3.63) is 110 Å². The van der Waals surface area contributed by atoms with Gasteiger partial charge in [0.15, 0.2) is 0 Å². The van der Waals surface area contributed by atoms with Gasteiger partial charge < -0.3 is 48.4 Å². The number of rotatable bonds is 15. The first-order valence-electron chi connectivity index (χ1n) is 38.9. The molecule has 6 aliphatic heterocycles. The molecule has 6 saturated heterocycles. The Balaban J connectivity index is 0.000000338. The van der Waals surface area contributed by atoms with Crippen molar-refractivity contribution in [3.63, 3.8) is 0 Å². The molecular weight excluding hydrogens is 1960 g/mol. The number of carbonyl (C=O) groups excluding carboxylic acids is 8. The molecule has 6 aliphatic rings. The fraction of sp³-hybridized carbons (Fsp3) is 0.556. The minimum atomic E-state index is -3.49. The second-order valence-corrected chi connectivity index (χ2v) is 46.9. The number of piperidine rings is 6. The second kappa shape index (κ2) is 50.6. The number of halogens is 2. The van der Waals surface area contributed by atoms with Gasteiger partial charge in [-0.15, -0.1) is 0 Å². The number of hydrogen-bond acceptors (Lipinski definition) is 20. The van der Waals surface area contributed by atoms with E-state index in [1.807, 2.05) is 77.9 Å². The van der Waals surface area contributed by atoms with Crippen LogP contribution in [0.5, 0.6) is 0 Å². The van der Waals surface area contributed by atoms with Gasteiger partial charge in [-0.25, -0.2) is 24.0 Å². The van der Waals surface area contributed by atoms with E-state index in [-0.39, 0.29) is 204 Å². The molecule has 0 bridgehead atoms. The number of imidazole rings is 3. The van der Waals surface area contributed by atoms with Gasteiger partial charge in [0.1, 0.15) is 29.3 Å². The van der Waals surface area contributed by atoms with Crippen molar-refractivity contribution in [2.24, 2.45) is 44.6 Å². The van der Waals surface area contributed by atoms with E-state index in [0.29, 0.717) is 70.3 Å². The van der Waals surface area contributed by atoms with Crippen molar-refractivity contribution in [3.8, 4) is 35.5 Å². The van der Waals surface area contributed by atoms with Crippen LogP contribution < -0.4 is 54.7 Å². The molecule has 0 saturated carbocycles. The Morgan fingerprint density at radius 2 is 0.815 bits per heavy atom. The summed E-state index contributed by atoms with van der Waals surface area (Å²) in [7, 11) is 1.48. The molecule has 119 heavy (non-hydrogen) atoms.